The summed E-state index contributed by atoms with van der Waals surface area (Å²) in [7, 11) is 0. The smallest absolute Gasteiger partial charge is 0.307 e. The Morgan fingerprint density at radius 3 is 2.85 bits per heavy atom. The van der Waals surface area contributed by atoms with Crippen molar-refractivity contribution in [3.05, 3.63) is 59.3 Å². The van der Waals surface area contributed by atoms with Gasteiger partial charge < -0.3 is 9.84 Å². The van der Waals surface area contributed by atoms with Crippen LogP contribution >= 0.6 is 11.3 Å². The second-order valence-corrected chi connectivity index (χ2v) is 9.91. The number of hydrogen-bond acceptors (Lipinski definition) is 6. The fraction of sp³-hybridized carbons (Fsp3) is 0.370. The normalized spacial score (nSPS) is 16.0. The zero-order valence-corrected chi connectivity index (χ0v) is 20.6. The number of nitriles is 1. The van der Waals surface area contributed by atoms with Crippen LogP contribution in [0.1, 0.15) is 43.9 Å². The van der Waals surface area contributed by atoms with E-state index in [0.717, 1.165) is 40.5 Å². The largest absolute Gasteiger partial charge is 0.490 e. The number of aliphatic carboxylic acids is 1. The van der Waals surface area contributed by atoms with Crippen molar-refractivity contribution in [2.75, 3.05) is 13.1 Å². The Hall–Kier alpha value is -3.21. The van der Waals surface area contributed by atoms with Gasteiger partial charge in [-0.05, 0) is 68.1 Å². The van der Waals surface area contributed by atoms with Crippen LogP contribution in [0.3, 0.4) is 0 Å². The third-order valence-corrected chi connectivity index (χ3v) is 7.20. The van der Waals surface area contributed by atoms with E-state index in [4.69, 9.17) is 4.74 Å². The standard InChI is InChI=1S/C27H29N3O3S/c1-4-22-19(15-30-11-10-20(16-30)27(31)32)6-5-7-23(22)25-14-29-26(34-25)18-8-9-24(33-17(2)3)21(12-18)13-28/h5-9,12,14,17,20H,4,10-11,15-16H2,1-3H3,(H,31,32). The van der Waals surface area contributed by atoms with Crippen molar-refractivity contribution in [3.8, 4) is 32.8 Å². The zero-order valence-electron chi connectivity index (χ0n) is 19.7. The SMILES string of the molecule is CCc1c(CN2CCC(C(=O)O)C2)cccc1-c1cnc(-c2ccc(OC(C)C)c(C#N)c2)s1. The molecule has 0 radical (unpaired) electrons. The van der Waals surface area contributed by atoms with Crippen LogP contribution in [0.4, 0.5) is 0 Å². The van der Waals surface area contributed by atoms with E-state index in [1.165, 1.54) is 11.1 Å². The first-order chi connectivity index (χ1) is 16.4. The van der Waals surface area contributed by atoms with Gasteiger partial charge in [0.05, 0.1) is 22.5 Å². The van der Waals surface area contributed by atoms with Crippen LogP contribution in [-0.4, -0.2) is 40.2 Å². The number of thiazole rings is 1. The summed E-state index contributed by atoms with van der Waals surface area (Å²) in [5.74, 6) is -0.383. The van der Waals surface area contributed by atoms with Gasteiger partial charge in [0.2, 0.25) is 0 Å². The Balaban J connectivity index is 1.60. The fourth-order valence-corrected chi connectivity index (χ4v) is 5.45. The summed E-state index contributed by atoms with van der Waals surface area (Å²) < 4.78 is 5.74. The molecule has 1 saturated heterocycles. The molecule has 34 heavy (non-hydrogen) atoms. The predicted molar refractivity (Wildman–Crippen MR) is 134 cm³/mol. The average molecular weight is 476 g/mol. The van der Waals surface area contributed by atoms with Crippen LogP contribution in [0.5, 0.6) is 5.75 Å². The first-order valence-electron chi connectivity index (χ1n) is 11.6. The minimum Gasteiger partial charge on any atom is -0.490 e. The first kappa shape index (κ1) is 23.9. The van der Waals surface area contributed by atoms with Crippen LogP contribution in [-0.2, 0) is 17.8 Å². The molecule has 3 aromatic rings. The molecule has 1 fully saturated rings. The number of benzene rings is 2. The summed E-state index contributed by atoms with van der Waals surface area (Å²) in [5.41, 5.74) is 5.08. The lowest BCUT2D eigenvalue weighted by Gasteiger charge is -2.19. The highest BCUT2D eigenvalue weighted by molar-refractivity contribution is 7.18. The molecule has 1 N–H and O–H groups in total. The highest BCUT2D eigenvalue weighted by Gasteiger charge is 2.28. The molecule has 2 aromatic carbocycles. The van der Waals surface area contributed by atoms with Gasteiger partial charge in [0.1, 0.15) is 16.8 Å². The van der Waals surface area contributed by atoms with Crippen LogP contribution in [0.25, 0.3) is 21.0 Å². The highest BCUT2D eigenvalue weighted by Crippen LogP contribution is 2.37. The second-order valence-electron chi connectivity index (χ2n) is 8.87. The first-order valence-corrected chi connectivity index (χ1v) is 12.4. The predicted octanol–water partition coefficient (Wildman–Crippen LogP) is 5.60. The molecule has 6 nitrogen and oxygen atoms in total. The summed E-state index contributed by atoms with van der Waals surface area (Å²) in [6, 6.07) is 14.2. The molecular formula is C27H29N3O3S. The number of carbonyl (C=O) groups is 1. The van der Waals surface area contributed by atoms with E-state index in [0.29, 0.717) is 24.3 Å². The fourth-order valence-electron chi connectivity index (χ4n) is 4.49. The molecule has 0 aliphatic carbocycles. The number of likely N-dealkylation sites (tertiary alicyclic amines) is 1. The molecule has 2 heterocycles. The third kappa shape index (κ3) is 5.14. The maximum Gasteiger partial charge on any atom is 0.307 e. The molecule has 0 saturated carbocycles. The Bertz CT molecular complexity index is 1230. The van der Waals surface area contributed by atoms with Crippen molar-refractivity contribution < 1.29 is 14.6 Å². The number of rotatable bonds is 8. The molecule has 1 aliphatic rings. The van der Waals surface area contributed by atoms with E-state index < -0.39 is 5.97 Å². The minimum atomic E-state index is -0.701. The Kier molecular flexibility index (Phi) is 7.30. The van der Waals surface area contributed by atoms with E-state index in [1.807, 2.05) is 38.2 Å². The van der Waals surface area contributed by atoms with E-state index >= 15 is 0 Å². The second kappa shape index (κ2) is 10.4. The topological polar surface area (TPSA) is 86.5 Å². The van der Waals surface area contributed by atoms with Gasteiger partial charge in [0.15, 0.2) is 0 Å². The lowest BCUT2D eigenvalue weighted by Crippen LogP contribution is -2.23. The monoisotopic (exact) mass is 475 g/mol. The van der Waals surface area contributed by atoms with Crippen molar-refractivity contribution in [2.45, 2.75) is 46.3 Å². The Morgan fingerprint density at radius 2 is 2.18 bits per heavy atom. The minimum absolute atomic E-state index is 0.000251. The Labute approximate surface area is 204 Å². The molecular weight excluding hydrogens is 446 g/mol. The van der Waals surface area contributed by atoms with Gasteiger partial charge in [-0.1, -0.05) is 25.1 Å². The number of hydrogen-bond donors (Lipinski definition) is 1. The lowest BCUT2D eigenvalue weighted by molar-refractivity contribution is -0.141. The number of carboxylic acid groups (broad SMARTS) is 1. The molecule has 1 aromatic heterocycles. The number of ether oxygens (including phenoxy) is 1. The van der Waals surface area contributed by atoms with Crippen molar-refractivity contribution in [1.29, 1.82) is 5.26 Å². The maximum absolute atomic E-state index is 11.3. The van der Waals surface area contributed by atoms with Gasteiger partial charge in [-0.2, -0.15) is 5.26 Å². The molecule has 4 rings (SSSR count). The summed E-state index contributed by atoms with van der Waals surface area (Å²) >= 11 is 1.61. The molecule has 7 heteroatoms. The lowest BCUT2D eigenvalue weighted by atomic mass is 9.97. The summed E-state index contributed by atoms with van der Waals surface area (Å²) in [6.07, 6.45) is 3.49. The maximum atomic E-state index is 11.3. The van der Waals surface area contributed by atoms with Gasteiger partial charge in [-0.25, -0.2) is 4.98 Å². The zero-order chi connectivity index (χ0) is 24.2. The van der Waals surface area contributed by atoms with Gasteiger partial charge in [0, 0.05) is 24.8 Å². The van der Waals surface area contributed by atoms with E-state index in [2.05, 4.69) is 41.1 Å². The average Bonchev–Trinajstić information content (AvgIpc) is 3.49. The van der Waals surface area contributed by atoms with Crippen LogP contribution in [0.2, 0.25) is 0 Å². The van der Waals surface area contributed by atoms with Crippen molar-refractivity contribution >= 4 is 17.3 Å². The molecule has 0 spiro atoms. The highest BCUT2D eigenvalue weighted by atomic mass is 32.1. The quantitative estimate of drug-likeness (QED) is 0.456. The molecule has 0 amide bonds. The van der Waals surface area contributed by atoms with Crippen LogP contribution < -0.4 is 4.74 Å². The van der Waals surface area contributed by atoms with Gasteiger partial charge in [0.25, 0.3) is 0 Å². The molecule has 1 atom stereocenters. The number of carboxylic acids is 1. The summed E-state index contributed by atoms with van der Waals surface area (Å²) in [4.78, 5) is 19.3. The van der Waals surface area contributed by atoms with Gasteiger partial charge >= 0.3 is 5.97 Å². The Morgan fingerprint density at radius 1 is 1.35 bits per heavy atom. The number of nitrogens with zero attached hydrogens (tertiary/aromatic N) is 3. The van der Waals surface area contributed by atoms with E-state index in [9.17, 15) is 15.2 Å². The third-order valence-electron chi connectivity index (χ3n) is 6.12. The van der Waals surface area contributed by atoms with Crippen molar-refractivity contribution in [1.82, 2.24) is 9.88 Å². The van der Waals surface area contributed by atoms with Crippen LogP contribution in [0.15, 0.2) is 42.6 Å². The number of aromatic nitrogens is 1. The van der Waals surface area contributed by atoms with E-state index in [-0.39, 0.29) is 12.0 Å². The van der Waals surface area contributed by atoms with E-state index in [1.54, 1.807) is 11.3 Å². The van der Waals surface area contributed by atoms with Gasteiger partial charge in [-0.3, -0.25) is 9.69 Å². The molecule has 0 bridgehead atoms. The van der Waals surface area contributed by atoms with Gasteiger partial charge in [-0.15, -0.1) is 11.3 Å². The molecule has 1 unspecified atom stereocenters. The van der Waals surface area contributed by atoms with Crippen LogP contribution in [0, 0.1) is 17.2 Å². The molecule has 1 aliphatic heterocycles. The molecule has 176 valence electrons. The summed E-state index contributed by atoms with van der Waals surface area (Å²) in [6.45, 7) is 8.21. The van der Waals surface area contributed by atoms with Crippen molar-refractivity contribution in [2.24, 2.45) is 5.92 Å². The summed E-state index contributed by atoms with van der Waals surface area (Å²) in [5, 5.41) is 19.7. The van der Waals surface area contributed by atoms with Crippen molar-refractivity contribution in [3.63, 3.8) is 0 Å².